The van der Waals surface area contributed by atoms with Crippen molar-refractivity contribution in [2.75, 3.05) is 0 Å². The van der Waals surface area contributed by atoms with Crippen LogP contribution in [0.25, 0.3) is 0 Å². The molecule has 0 saturated carbocycles. The fraction of sp³-hybridized carbons (Fsp3) is 0.500. The maximum atomic E-state index is 4.24. The monoisotopic (exact) mass is 205 g/mol. The van der Waals surface area contributed by atoms with Crippen molar-refractivity contribution >= 4 is 27.3 Å². The van der Waals surface area contributed by atoms with Gasteiger partial charge in [-0.15, -0.1) is 11.3 Å². The van der Waals surface area contributed by atoms with Gasteiger partial charge >= 0.3 is 0 Å². The highest BCUT2D eigenvalue weighted by molar-refractivity contribution is 9.11. The molecule has 0 spiro atoms. The Bertz CT molecular complexity index is 185. The average molecular weight is 206 g/mol. The summed E-state index contributed by atoms with van der Waals surface area (Å²) in [5, 5.41) is 2.09. The summed E-state index contributed by atoms with van der Waals surface area (Å²) in [4.78, 5) is 4.24. The summed E-state index contributed by atoms with van der Waals surface area (Å²) in [5.41, 5.74) is 1.20. The predicted octanol–water partition coefficient (Wildman–Crippen LogP) is 2.86. The molecule has 1 rings (SSSR count). The summed E-state index contributed by atoms with van der Waals surface area (Å²) in [5.74, 6) is 0. The van der Waals surface area contributed by atoms with Gasteiger partial charge in [-0.3, -0.25) is 0 Å². The van der Waals surface area contributed by atoms with Crippen LogP contribution in [-0.2, 0) is 6.42 Å². The minimum absolute atomic E-state index is 0.992. The van der Waals surface area contributed by atoms with E-state index in [-0.39, 0.29) is 0 Å². The van der Waals surface area contributed by atoms with Crippen LogP contribution in [0.5, 0.6) is 0 Å². The molecule has 9 heavy (non-hydrogen) atoms. The van der Waals surface area contributed by atoms with Crippen LogP contribution in [-0.4, -0.2) is 4.98 Å². The molecule has 0 saturated heterocycles. The normalized spacial score (nSPS) is 10.0. The number of aromatic nitrogens is 1. The molecule has 1 nitrogen and oxygen atoms in total. The summed E-state index contributed by atoms with van der Waals surface area (Å²) in [6, 6.07) is 0. The number of halogens is 1. The molecule has 0 aliphatic rings. The maximum absolute atomic E-state index is 4.24. The number of nitrogens with zero attached hydrogens (tertiary/aromatic N) is 1. The number of rotatable bonds is 2. The van der Waals surface area contributed by atoms with Gasteiger partial charge in [-0.2, -0.15) is 0 Å². The van der Waals surface area contributed by atoms with Crippen LogP contribution < -0.4 is 0 Å². The second-order valence-electron chi connectivity index (χ2n) is 1.84. The molecule has 0 atom stereocenters. The molecule has 0 unspecified atom stereocenters. The molecule has 50 valence electrons. The van der Waals surface area contributed by atoms with E-state index in [9.17, 15) is 0 Å². The first-order chi connectivity index (χ1) is 4.33. The van der Waals surface area contributed by atoms with E-state index in [4.69, 9.17) is 0 Å². The van der Waals surface area contributed by atoms with Gasteiger partial charge in [0.1, 0.15) is 0 Å². The van der Waals surface area contributed by atoms with Crippen molar-refractivity contribution < 1.29 is 0 Å². The Morgan fingerprint density at radius 1 is 1.78 bits per heavy atom. The van der Waals surface area contributed by atoms with E-state index in [1.54, 1.807) is 11.3 Å². The number of aryl methyl sites for hydroxylation is 1. The smallest absolute Gasteiger partial charge is 0.159 e. The van der Waals surface area contributed by atoms with E-state index in [0.717, 1.165) is 10.3 Å². The first-order valence-electron chi connectivity index (χ1n) is 2.93. The molecule has 3 heteroatoms. The van der Waals surface area contributed by atoms with Crippen LogP contribution >= 0.6 is 27.3 Å². The van der Waals surface area contributed by atoms with Crippen LogP contribution in [0.1, 0.15) is 19.0 Å². The van der Waals surface area contributed by atoms with Crippen LogP contribution in [0.3, 0.4) is 0 Å². The first kappa shape index (κ1) is 7.22. The summed E-state index contributed by atoms with van der Waals surface area (Å²) in [6.45, 7) is 2.16. The van der Waals surface area contributed by atoms with E-state index in [1.165, 1.54) is 12.1 Å². The third-order valence-corrected chi connectivity index (χ3v) is 2.44. The van der Waals surface area contributed by atoms with Crippen LogP contribution in [0.4, 0.5) is 0 Å². The van der Waals surface area contributed by atoms with Gasteiger partial charge in [0.25, 0.3) is 0 Å². The topological polar surface area (TPSA) is 12.9 Å². The summed E-state index contributed by atoms with van der Waals surface area (Å²) >= 11 is 4.96. The van der Waals surface area contributed by atoms with Crippen molar-refractivity contribution in [2.45, 2.75) is 19.8 Å². The molecule has 0 aliphatic heterocycles. The largest absolute Gasteiger partial charge is 0.234 e. The lowest BCUT2D eigenvalue weighted by Gasteiger charge is -1.85. The van der Waals surface area contributed by atoms with Crippen LogP contribution in [0.15, 0.2) is 9.30 Å². The van der Waals surface area contributed by atoms with Crippen molar-refractivity contribution in [1.82, 2.24) is 4.98 Å². The van der Waals surface area contributed by atoms with Gasteiger partial charge in [0.2, 0.25) is 0 Å². The number of hydrogen-bond donors (Lipinski definition) is 0. The Morgan fingerprint density at radius 2 is 2.56 bits per heavy atom. The molecule has 0 bridgehead atoms. The predicted molar refractivity (Wildman–Crippen MR) is 43.8 cm³/mol. The molecule has 1 aromatic rings. The summed E-state index contributed by atoms with van der Waals surface area (Å²) in [6.07, 6.45) is 2.28. The van der Waals surface area contributed by atoms with Gasteiger partial charge < -0.3 is 0 Å². The second-order valence-corrected chi connectivity index (χ2v) is 3.98. The Balaban J connectivity index is 2.61. The lowest BCUT2D eigenvalue weighted by Crippen LogP contribution is -1.79. The Labute approximate surface area is 67.3 Å². The molecular formula is C6H8BrNS. The maximum Gasteiger partial charge on any atom is 0.159 e. The highest BCUT2D eigenvalue weighted by Crippen LogP contribution is 2.16. The van der Waals surface area contributed by atoms with Gasteiger partial charge in [0.15, 0.2) is 3.92 Å². The lowest BCUT2D eigenvalue weighted by molar-refractivity contribution is 0.890. The van der Waals surface area contributed by atoms with Crippen molar-refractivity contribution in [2.24, 2.45) is 0 Å². The molecule has 1 aromatic heterocycles. The quantitative estimate of drug-likeness (QED) is 0.724. The zero-order chi connectivity index (χ0) is 6.69. The van der Waals surface area contributed by atoms with Crippen molar-refractivity contribution in [3.63, 3.8) is 0 Å². The highest BCUT2D eigenvalue weighted by Gasteiger charge is 1.95. The lowest BCUT2D eigenvalue weighted by atomic mass is 10.3. The molecule has 1 heterocycles. The summed E-state index contributed by atoms with van der Waals surface area (Å²) in [7, 11) is 0. The number of hydrogen-bond acceptors (Lipinski definition) is 2. The third kappa shape index (κ3) is 2.06. The van der Waals surface area contributed by atoms with Gasteiger partial charge in [0.05, 0.1) is 5.69 Å². The van der Waals surface area contributed by atoms with E-state index >= 15 is 0 Å². The number of thiazole rings is 1. The van der Waals surface area contributed by atoms with Gasteiger partial charge in [-0.1, -0.05) is 13.3 Å². The fourth-order valence-electron chi connectivity index (χ4n) is 0.653. The molecule has 0 N–H and O–H groups in total. The first-order valence-corrected chi connectivity index (χ1v) is 4.60. The zero-order valence-electron chi connectivity index (χ0n) is 5.22. The van der Waals surface area contributed by atoms with Crippen molar-refractivity contribution in [3.05, 3.63) is 15.0 Å². The minimum Gasteiger partial charge on any atom is -0.234 e. The summed E-state index contributed by atoms with van der Waals surface area (Å²) < 4.78 is 0.992. The fourth-order valence-corrected chi connectivity index (χ4v) is 1.74. The molecule has 0 aliphatic carbocycles. The molecule has 0 aromatic carbocycles. The highest BCUT2D eigenvalue weighted by atomic mass is 79.9. The molecule has 0 amide bonds. The van der Waals surface area contributed by atoms with E-state index in [0.29, 0.717) is 0 Å². The molecule has 0 fully saturated rings. The molecule has 0 radical (unpaired) electrons. The Hall–Kier alpha value is 0.110. The van der Waals surface area contributed by atoms with Crippen LogP contribution in [0.2, 0.25) is 0 Å². The average Bonchev–Trinajstić information content (AvgIpc) is 2.17. The van der Waals surface area contributed by atoms with E-state index < -0.39 is 0 Å². The molecular weight excluding hydrogens is 198 g/mol. The standard InChI is InChI=1S/C6H8BrNS/c1-2-3-5-4-9-6(7)8-5/h4H,2-3H2,1H3. The second kappa shape index (κ2) is 3.32. The van der Waals surface area contributed by atoms with Crippen molar-refractivity contribution in [1.29, 1.82) is 0 Å². The van der Waals surface area contributed by atoms with Gasteiger partial charge in [0, 0.05) is 5.38 Å². The van der Waals surface area contributed by atoms with Crippen molar-refractivity contribution in [3.8, 4) is 0 Å². The third-order valence-electron chi connectivity index (χ3n) is 1.03. The zero-order valence-corrected chi connectivity index (χ0v) is 7.63. The Morgan fingerprint density at radius 3 is 3.00 bits per heavy atom. The van der Waals surface area contributed by atoms with Gasteiger partial charge in [-0.05, 0) is 22.4 Å². The minimum atomic E-state index is 0.992. The van der Waals surface area contributed by atoms with E-state index in [1.807, 2.05) is 0 Å². The Kier molecular flexibility index (Phi) is 2.66. The van der Waals surface area contributed by atoms with Crippen LogP contribution in [0, 0.1) is 0 Å². The SMILES string of the molecule is CCCc1csc(Br)n1. The van der Waals surface area contributed by atoms with E-state index in [2.05, 4.69) is 33.2 Å². The van der Waals surface area contributed by atoms with Gasteiger partial charge in [-0.25, -0.2) is 4.98 Å².